The van der Waals surface area contributed by atoms with Crippen LogP contribution in [0.1, 0.15) is 12.8 Å². The Morgan fingerprint density at radius 2 is 2.26 bits per heavy atom. The predicted octanol–water partition coefficient (Wildman–Crippen LogP) is 3.23. The maximum atomic E-state index is 10.8. The molecular weight excluding hydrogens is 443 g/mol. The Morgan fingerprint density at radius 3 is 2.97 bits per heavy atom. The van der Waals surface area contributed by atoms with Crippen molar-refractivity contribution in [3.8, 4) is 5.69 Å². The molecule has 0 bridgehead atoms. The standard InChI is InChI=1S/C21H22Cl2N4O4/c1-30-17-4-7-27(16(17)11-31-9-5-19(28)29)18-10-15(26-8-6-24-12-26)13-2-3-14(22)20(23)21(13)25-18/h2-3,6,8,10,12,16-17H,4-5,7,9,11H2,1H3,(H,28,29)/p+1/t16-,17+/m1/s1. The highest BCUT2D eigenvalue weighted by Crippen LogP contribution is 2.35. The zero-order valence-electron chi connectivity index (χ0n) is 16.9. The smallest absolute Gasteiger partial charge is 0.305 e. The van der Waals surface area contributed by atoms with E-state index in [2.05, 4.69) is 9.88 Å². The minimum atomic E-state index is -0.887. The van der Waals surface area contributed by atoms with Crippen molar-refractivity contribution in [3.05, 3.63) is 47.0 Å². The lowest BCUT2D eigenvalue weighted by atomic mass is 10.1. The number of aliphatic carboxylic acids is 1. The van der Waals surface area contributed by atoms with Crippen molar-refractivity contribution in [2.24, 2.45) is 0 Å². The van der Waals surface area contributed by atoms with Gasteiger partial charge in [0, 0.05) is 25.1 Å². The molecule has 0 amide bonds. The number of anilines is 1. The lowest BCUT2D eigenvalue weighted by Crippen LogP contribution is -2.41. The first-order valence-corrected chi connectivity index (χ1v) is 10.7. The number of hydrogen-bond donors (Lipinski definition) is 2. The van der Waals surface area contributed by atoms with Crippen molar-refractivity contribution in [1.29, 1.82) is 0 Å². The number of aromatic nitrogens is 3. The molecule has 8 nitrogen and oxygen atoms in total. The highest BCUT2D eigenvalue weighted by molar-refractivity contribution is 6.45. The van der Waals surface area contributed by atoms with E-state index in [1.807, 2.05) is 35.4 Å². The van der Waals surface area contributed by atoms with Crippen LogP contribution in [-0.4, -0.2) is 60.1 Å². The second-order valence-electron chi connectivity index (χ2n) is 7.32. The number of imidazole rings is 1. The number of hydrogen-bond acceptors (Lipinski definition) is 5. The number of aromatic amines is 1. The molecule has 2 aromatic heterocycles. The van der Waals surface area contributed by atoms with E-state index >= 15 is 0 Å². The lowest BCUT2D eigenvalue weighted by Gasteiger charge is -2.28. The van der Waals surface area contributed by atoms with E-state index in [1.54, 1.807) is 13.2 Å². The molecular formula is C21H23Cl2N4O4+. The summed E-state index contributed by atoms with van der Waals surface area (Å²) in [6.07, 6.45) is 6.30. The molecule has 0 spiro atoms. The van der Waals surface area contributed by atoms with Gasteiger partial charge >= 0.3 is 5.97 Å². The molecule has 10 heteroatoms. The topological polar surface area (TPSA) is 91.6 Å². The van der Waals surface area contributed by atoms with E-state index < -0.39 is 5.97 Å². The summed E-state index contributed by atoms with van der Waals surface area (Å²) < 4.78 is 13.3. The van der Waals surface area contributed by atoms with E-state index in [0.29, 0.717) is 22.2 Å². The van der Waals surface area contributed by atoms with Crippen molar-refractivity contribution in [1.82, 2.24) is 9.97 Å². The number of carboxylic acid groups (broad SMARTS) is 1. The third-order valence-electron chi connectivity index (χ3n) is 5.49. The second kappa shape index (κ2) is 9.40. The van der Waals surface area contributed by atoms with Crippen LogP contribution in [0.2, 0.25) is 10.0 Å². The molecule has 1 aliphatic heterocycles. The number of carboxylic acids is 1. The number of benzene rings is 1. The molecule has 4 rings (SSSR count). The molecule has 1 saturated heterocycles. The van der Waals surface area contributed by atoms with Crippen LogP contribution in [0.25, 0.3) is 16.6 Å². The average Bonchev–Trinajstić information content (AvgIpc) is 3.43. The van der Waals surface area contributed by atoms with Crippen LogP contribution in [0.5, 0.6) is 0 Å². The molecule has 3 heterocycles. The lowest BCUT2D eigenvalue weighted by molar-refractivity contribution is -0.592. The third-order valence-corrected chi connectivity index (χ3v) is 6.28. The van der Waals surface area contributed by atoms with E-state index in [0.717, 1.165) is 29.9 Å². The van der Waals surface area contributed by atoms with Crippen LogP contribution in [-0.2, 0) is 14.3 Å². The number of ether oxygens (including phenoxy) is 2. The number of halogens is 2. The van der Waals surface area contributed by atoms with Crippen LogP contribution in [0.4, 0.5) is 5.82 Å². The Kier molecular flexibility index (Phi) is 6.62. The second-order valence-corrected chi connectivity index (χ2v) is 8.10. The molecule has 1 aliphatic rings. The van der Waals surface area contributed by atoms with Crippen molar-refractivity contribution in [2.75, 3.05) is 31.8 Å². The molecule has 1 fully saturated rings. The summed E-state index contributed by atoms with van der Waals surface area (Å²) in [7, 11) is 1.67. The Bertz CT molecular complexity index is 1080. The Balaban J connectivity index is 1.73. The summed E-state index contributed by atoms with van der Waals surface area (Å²) in [5.74, 6) is -0.158. The first-order valence-electron chi connectivity index (χ1n) is 9.91. The number of pyridine rings is 1. The van der Waals surface area contributed by atoms with Crippen molar-refractivity contribution in [3.63, 3.8) is 0 Å². The number of nitrogens with zero attached hydrogens (tertiary/aromatic N) is 3. The minimum absolute atomic E-state index is 0.0407. The maximum absolute atomic E-state index is 10.8. The van der Waals surface area contributed by atoms with E-state index in [1.165, 1.54) is 0 Å². The van der Waals surface area contributed by atoms with Gasteiger partial charge < -0.3 is 19.5 Å². The number of methoxy groups -OCH3 is 1. The van der Waals surface area contributed by atoms with Gasteiger partial charge in [-0.25, -0.2) is 14.5 Å². The van der Waals surface area contributed by atoms with Crippen molar-refractivity contribution >= 4 is 45.9 Å². The van der Waals surface area contributed by atoms with Gasteiger partial charge in [-0.2, -0.15) is 0 Å². The van der Waals surface area contributed by atoms with E-state index in [9.17, 15) is 4.79 Å². The number of fused-ring (bicyclic) bond motifs is 1. The summed E-state index contributed by atoms with van der Waals surface area (Å²) in [5.41, 5.74) is 1.52. The Hall–Kier alpha value is -2.39. The number of nitrogens with one attached hydrogen (secondary N) is 1. The third kappa shape index (κ3) is 4.48. The molecule has 0 radical (unpaired) electrons. The van der Waals surface area contributed by atoms with Gasteiger partial charge in [0.2, 0.25) is 6.33 Å². The fourth-order valence-electron chi connectivity index (χ4n) is 3.95. The summed E-state index contributed by atoms with van der Waals surface area (Å²) in [4.78, 5) is 20.8. The fraction of sp³-hybridized carbons (Fsp3) is 0.381. The molecule has 31 heavy (non-hydrogen) atoms. The number of rotatable bonds is 8. The quantitative estimate of drug-likeness (QED) is 0.391. The van der Waals surface area contributed by atoms with Crippen LogP contribution in [0.15, 0.2) is 36.9 Å². The van der Waals surface area contributed by atoms with E-state index in [-0.39, 0.29) is 25.2 Å². The first-order chi connectivity index (χ1) is 15.0. The highest BCUT2D eigenvalue weighted by Gasteiger charge is 2.36. The number of carbonyl (C=O) groups is 1. The minimum Gasteiger partial charge on any atom is -0.481 e. The monoisotopic (exact) mass is 465 g/mol. The predicted molar refractivity (Wildman–Crippen MR) is 117 cm³/mol. The van der Waals surface area contributed by atoms with Gasteiger partial charge in [-0.15, -0.1) is 0 Å². The first kappa shape index (κ1) is 21.8. The van der Waals surface area contributed by atoms with Crippen molar-refractivity contribution in [2.45, 2.75) is 25.0 Å². The Morgan fingerprint density at radius 1 is 1.42 bits per heavy atom. The molecule has 1 aromatic carbocycles. The van der Waals surface area contributed by atoms with Crippen LogP contribution in [0, 0.1) is 0 Å². The van der Waals surface area contributed by atoms with Gasteiger partial charge in [0.15, 0.2) is 0 Å². The zero-order valence-corrected chi connectivity index (χ0v) is 18.4. The zero-order chi connectivity index (χ0) is 22.0. The average molecular weight is 466 g/mol. The van der Waals surface area contributed by atoms with E-state index in [4.69, 9.17) is 42.8 Å². The maximum Gasteiger partial charge on any atom is 0.305 e. The fourth-order valence-corrected chi connectivity index (χ4v) is 4.31. The van der Waals surface area contributed by atoms with Gasteiger partial charge in [0.1, 0.15) is 23.9 Å². The molecule has 164 valence electrons. The van der Waals surface area contributed by atoms with Crippen LogP contribution in [0.3, 0.4) is 0 Å². The van der Waals surface area contributed by atoms with Crippen LogP contribution < -0.4 is 9.47 Å². The summed E-state index contributed by atoms with van der Waals surface area (Å²) in [5, 5.41) is 10.6. The van der Waals surface area contributed by atoms with Gasteiger partial charge in [0.05, 0.1) is 47.3 Å². The normalized spacial score (nSPS) is 18.7. The SMILES string of the molecule is CO[C@H]1CCN(c2cc(-[n+]3cc[nH]c3)c3ccc(Cl)c(Cl)c3n2)[C@@H]1COCCC(=O)O. The molecule has 2 atom stereocenters. The number of H-pyrrole nitrogens is 1. The Labute approximate surface area is 189 Å². The van der Waals surface area contributed by atoms with Gasteiger partial charge in [-0.1, -0.05) is 23.2 Å². The molecule has 0 unspecified atom stereocenters. The summed E-state index contributed by atoms with van der Waals surface area (Å²) in [6.45, 7) is 1.20. The van der Waals surface area contributed by atoms with Gasteiger partial charge in [0.25, 0.3) is 0 Å². The molecule has 3 aromatic rings. The van der Waals surface area contributed by atoms with Crippen LogP contribution >= 0.6 is 23.2 Å². The van der Waals surface area contributed by atoms with Crippen molar-refractivity contribution < 1.29 is 23.9 Å². The highest BCUT2D eigenvalue weighted by atomic mass is 35.5. The summed E-state index contributed by atoms with van der Waals surface area (Å²) in [6, 6.07) is 5.57. The summed E-state index contributed by atoms with van der Waals surface area (Å²) >= 11 is 12.8. The molecule has 2 N–H and O–H groups in total. The molecule has 0 aliphatic carbocycles. The molecule has 0 saturated carbocycles. The largest absolute Gasteiger partial charge is 0.481 e. The van der Waals surface area contributed by atoms with Gasteiger partial charge in [-0.05, 0) is 18.6 Å². The van der Waals surface area contributed by atoms with Gasteiger partial charge in [-0.3, -0.25) is 4.79 Å².